The molecule has 1 saturated carbocycles. The van der Waals surface area contributed by atoms with Gasteiger partial charge in [-0.3, -0.25) is 4.79 Å². The number of hydrogen-bond donors (Lipinski definition) is 0. The lowest BCUT2D eigenvalue weighted by atomic mass is 9.73. The fourth-order valence-electron chi connectivity index (χ4n) is 3.04. The predicted octanol–water partition coefficient (Wildman–Crippen LogP) is 2.96. The van der Waals surface area contributed by atoms with Crippen LogP contribution in [0, 0.1) is 17.3 Å². The molecule has 0 aromatic rings. The Labute approximate surface area is 80.2 Å². The van der Waals surface area contributed by atoms with E-state index >= 15 is 0 Å². The Bertz CT molecular complexity index is 254. The van der Waals surface area contributed by atoms with Crippen molar-refractivity contribution in [3.63, 3.8) is 0 Å². The fourth-order valence-corrected chi connectivity index (χ4v) is 3.04. The van der Waals surface area contributed by atoms with Gasteiger partial charge in [0.05, 0.1) is 0 Å². The van der Waals surface area contributed by atoms with Crippen molar-refractivity contribution in [2.75, 3.05) is 0 Å². The van der Waals surface area contributed by atoms with E-state index in [2.05, 4.69) is 26.0 Å². The summed E-state index contributed by atoms with van der Waals surface area (Å²) in [5.41, 5.74) is -0.115. The van der Waals surface area contributed by atoms with Gasteiger partial charge in [0.15, 0.2) is 0 Å². The highest BCUT2D eigenvalue weighted by Crippen LogP contribution is 2.48. The Balaban J connectivity index is 2.35. The third-order valence-corrected chi connectivity index (χ3v) is 3.99. The standard InChI is InChI=1S/C12H18O/c1-9-5-3-4-8-12(2)10(9)6-7-11(12)13/h4,8-10H,3,5-7H2,1-2H3. The number of carbonyl (C=O) groups is 1. The summed E-state index contributed by atoms with van der Waals surface area (Å²) in [7, 11) is 0. The summed E-state index contributed by atoms with van der Waals surface area (Å²) in [5, 5.41) is 0. The van der Waals surface area contributed by atoms with E-state index in [1.54, 1.807) is 0 Å². The summed E-state index contributed by atoms with van der Waals surface area (Å²) >= 11 is 0. The van der Waals surface area contributed by atoms with Crippen molar-refractivity contribution >= 4 is 5.78 Å². The third kappa shape index (κ3) is 1.25. The van der Waals surface area contributed by atoms with E-state index in [4.69, 9.17) is 0 Å². The van der Waals surface area contributed by atoms with Gasteiger partial charge in [-0.1, -0.05) is 19.1 Å². The monoisotopic (exact) mass is 178 g/mol. The average molecular weight is 178 g/mol. The smallest absolute Gasteiger partial charge is 0.142 e. The molecule has 1 nitrogen and oxygen atoms in total. The summed E-state index contributed by atoms with van der Waals surface area (Å²) in [5.74, 6) is 1.78. The molecule has 0 aromatic heterocycles. The molecule has 3 unspecified atom stereocenters. The molecule has 2 aliphatic carbocycles. The molecule has 2 rings (SSSR count). The van der Waals surface area contributed by atoms with Crippen LogP contribution in [-0.4, -0.2) is 5.78 Å². The summed E-state index contributed by atoms with van der Waals surface area (Å²) in [6, 6.07) is 0. The highest BCUT2D eigenvalue weighted by atomic mass is 16.1. The van der Waals surface area contributed by atoms with Crippen LogP contribution in [0.1, 0.15) is 39.5 Å². The van der Waals surface area contributed by atoms with Crippen LogP contribution in [0.5, 0.6) is 0 Å². The number of fused-ring (bicyclic) bond motifs is 1. The second-order valence-electron chi connectivity index (χ2n) is 4.81. The third-order valence-electron chi connectivity index (χ3n) is 3.99. The number of hydrogen-bond acceptors (Lipinski definition) is 1. The van der Waals surface area contributed by atoms with Crippen LogP contribution in [0.3, 0.4) is 0 Å². The highest BCUT2D eigenvalue weighted by Gasteiger charge is 2.46. The van der Waals surface area contributed by atoms with E-state index in [-0.39, 0.29) is 5.41 Å². The summed E-state index contributed by atoms with van der Waals surface area (Å²) in [6.07, 6.45) is 8.71. The van der Waals surface area contributed by atoms with Crippen molar-refractivity contribution in [1.82, 2.24) is 0 Å². The topological polar surface area (TPSA) is 17.1 Å². The number of rotatable bonds is 0. The van der Waals surface area contributed by atoms with Crippen molar-refractivity contribution in [2.45, 2.75) is 39.5 Å². The molecule has 0 spiro atoms. The van der Waals surface area contributed by atoms with E-state index in [9.17, 15) is 4.79 Å². The molecule has 0 saturated heterocycles. The molecule has 0 aliphatic heterocycles. The van der Waals surface area contributed by atoms with E-state index < -0.39 is 0 Å². The largest absolute Gasteiger partial charge is 0.299 e. The Morgan fingerprint density at radius 1 is 1.46 bits per heavy atom. The van der Waals surface area contributed by atoms with Crippen molar-refractivity contribution < 1.29 is 4.79 Å². The first-order valence-electron chi connectivity index (χ1n) is 5.35. The Kier molecular flexibility index (Phi) is 2.05. The van der Waals surface area contributed by atoms with Crippen molar-refractivity contribution in [3.05, 3.63) is 12.2 Å². The van der Waals surface area contributed by atoms with E-state index in [1.165, 1.54) is 6.42 Å². The zero-order valence-electron chi connectivity index (χ0n) is 8.55. The molecule has 0 radical (unpaired) electrons. The first-order valence-corrected chi connectivity index (χ1v) is 5.35. The molecule has 0 amide bonds. The predicted molar refractivity (Wildman–Crippen MR) is 53.4 cm³/mol. The molecule has 3 atom stereocenters. The van der Waals surface area contributed by atoms with E-state index in [1.807, 2.05) is 0 Å². The summed E-state index contributed by atoms with van der Waals surface area (Å²) < 4.78 is 0. The van der Waals surface area contributed by atoms with Crippen LogP contribution in [0.15, 0.2) is 12.2 Å². The van der Waals surface area contributed by atoms with Crippen molar-refractivity contribution in [2.24, 2.45) is 17.3 Å². The van der Waals surface area contributed by atoms with Gasteiger partial charge in [-0.15, -0.1) is 0 Å². The maximum absolute atomic E-state index is 11.8. The Hall–Kier alpha value is -0.590. The van der Waals surface area contributed by atoms with Gasteiger partial charge in [-0.05, 0) is 38.0 Å². The van der Waals surface area contributed by atoms with Crippen LogP contribution >= 0.6 is 0 Å². The maximum atomic E-state index is 11.8. The minimum absolute atomic E-state index is 0.115. The lowest BCUT2D eigenvalue weighted by Crippen LogP contribution is -2.29. The lowest BCUT2D eigenvalue weighted by molar-refractivity contribution is -0.124. The highest BCUT2D eigenvalue weighted by molar-refractivity contribution is 5.88. The summed E-state index contributed by atoms with van der Waals surface area (Å²) in [6.45, 7) is 4.43. The second kappa shape index (κ2) is 2.97. The van der Waals surface area contributed by atoms with Gasteiger partial charge in [0.2, 0.25) is 0 Å². The molecule has 13 heavy (non-hydrogen) atoms. The molecular formula is C12H18O. The van der Waals surface area contributed by atoms with Gasteiger partial charge in [0, 0.05) is 11.8 Å². The number of carbonyl (C=O) groups excluding carboxylic acids is 1. The normalized spacial score (nSPS) is 44.6. The zero-order valence-corrected chi connectivity index (χ0v) is 8.55. The van der Waals surface area contributed by atoms with Gasteiger partial charge in [-0.2, -0.15) is 0 Å². The minimum atomic E-state index is -0.115. The molecule has 1 heteroatoms. The van der Waals surface area contributed by atoms with E-state index in [0.29, 0.717) is 17.6 Å². The van der Waals surface area contributed by atoms with Crippen LogP contribution < -0.4 is 0 Å². The SMILES string of the molecule is CC1CCC=CC2(C)C(=O)CCC12. The second-order valence-corrected chi connectivity index (χ2v) is 4.81. The van der Waals surface area contributed by atoms with Crippen LogP contribution in [0.2, 0.25) is 0 Å². The average Bonchev–Trinajstić information content (AvgIpc) is 2.29. The number of allylic oxidation sites excluding steroid dienone is 2. The number of ketones is 1. The molecule has 0 N–H and O–H groups in total. The first-order chi connectivity index (χ1) is 6.14. The molecule has 0 aromatic carbocycles. The molecule has 72 valence electrons. The quantitative estimate of drug-likeness (QED) is 0.521. The molecule has 2 aliphatic rings. The summed E-state index contributed by atoms with van der Waals surface area (Å²) in [4.78, 5) is 11.8. The van der Waals surface area contributed by atoms with Gasteiger partial charge >= 0.3 is 0 Å². The molecule has 1 fully saturated rings. The minimum Gasteiger partial charge on any atom is -0.299 e. The Morgan fingerprint density at radius 3 is 3.00 bits per heavy atom. The van der Waals surface area contributed by atoms with Crippen molar-refractivity contribution in [1.29, 1.82) is 0 Å². The number of Topliss-reactive ketones (excluding diaryl/α,β-unsaturated/α-hetero) is 1. The first kappa shape index (κ1) is 8.98. The fraction of sp³-hybridized carbons (Fsp3) is 0.750. The van der Waals surface area contributed by atoms with Gasteiger partial charge in [-0.25, -0.2) is 0 Å². The van der Waals surface area contributed by atoms with Crippen LogP contribution in [0.25, 0.3) is 0 Å². The van der Waals surface area contributed by atoms with Gasteiger partial charge in [0.25, 0.3) is 0 Å². The van der Waals surface area contributed by atoms with Crippen molar-refractivity contribution in [3.8, 4) is 0 Å². The van der Waals surface area contributed by atoms with Gasteiger partial charge in [0.1, 0.15) is 5.78 Å². The maximum Gasteiger partial charge on any atom is 0.142 e. The lowest BCUT2D eigenvalue weighted by Gasteiger charge is -2.29. The molecular weight excluding hydrogens is 160 g/mol. The van der Waals surface area contributed by atoms with Crippen LogP contribution in [0.4, 0.5) is 0 Å². The molecule has 0 bridgehead atoms. The Morgan fingerprint density at radius 2 is 2.23 bits per heavy atom. The van der Waals surface area contributed by atoms with Gasteiger partial charge < -0.3 is 0 Å². The van der Waals surface area contributed by atoms with E-state index in [0.717, 1.165) is 19.3 Å². The zero-order chi connectivity index (χ0) is 9.47. The van der Waals surface area contributed by atoms with Crippen LogP contribution in [-0.2, 0) is 4.79 Å². The molecule has 0 heterocycles.